The highest BCUT2D eigenvalue weighted by Gasteiger charge is 2.09. The van der Waals surface area contributed by atoms with Gasteiger partial charge in [0.15, 0.2) is 0 Å². The molecule has 2 aromatic carbocycles. The number of hydrogen-bond donors (Lipinski definition) is 2. The van der Waals surface area contributed by atoms with Crippen LogP contribution in [0.15, 0.2) is 42.5 Å². The smallest absolute Gasteiger partial charge is 0.120 e. The molecule has 1 aliphatic heterocycles. The van der Waals surface area contributed by atoms with Crippen LogP contribution in [0.2, 0.25) is 0 Å². The number of aromatic hydroxyl groups is 1. The molecule has 0 spiro atoms. The van der Waals surface area contributed by atoms with Crippen molar-refractivity contribution in [2.24, 2.45) is 0 Å². The van der Waals surface area contributed by atoms with E-state index in [-0.39, 0.29) is 5.75 Å². The van der Waals surface area contributed by atoms with Crippen LogP contribution in [0.4, 0.5) is 5.69 Å². The first-order valence-corrected chi connectivity index (χ1v) is 6.09. The zero-order valence-corrected chi connectivity index (χ0v) is 10.0. The van der Waals surface area contributed by atoms with Gasteiger partial charge in [0.25, 0.3) is 0 Å². The Morgan fingerprint density at radius 1 is 1.11 bits per heavy atom. The second kappa shape index (κ2) is 4.61. The van der Waals surface area contributed by atoms with Gasteiger partial charge in [-0.3, -0.25) is 0 Å². The number of anilines is 1. The second-order valence-electron chi connectivity index (χ2n) is 4.45. The maximum absolute atomic E-state index is 9.18. The van der Waals surface area contributed by atoms with Crippen LogP contribution < -0.4 is 10.1 Å². The van der Waals surface area contributed by atoms with Gasteiger partial charge in [0, 0.05) is 12.2 Å². The summed E-state index contributed by atoms with van der Waals surface area (Å²) < 4.78 is 5.67. The van der Waals surface area contributed by atoms with E-state index in [1.54, 1.807) is 24.3 Å². The number of fused-ring (bicyclic) bond motifs is 1. The summed E-state index contributed by atoms with van der Waals surface area (Å²) in [4.78, 5) is 0. The fraction of sp³-hybridized carbons (Fsp3) is 0.200. The summed E-state index contributed by atoms with van der Waals surface area (Å²) >= 11 is 0. The maximum Gasteiger partial charge on any atom is 0.120 e. The zero-order chi connectivity index (χ0) is 12.4. The van der Waals surface area contributed by atoms with Gasteiger partial charge in [-0.2, -0.15) is 0 Å². The van der Waals surface area contributed by atoms with Crippen LogP contribution in [-0.4, -0.2) is 11.7 Å². The highest BCUT2D eigenvalue weighted by Crippen LogP contribution is 2.24. The molecule has 1 heterocycles. The largest absolute Gasteiger partial charge is 0.508 e. The van der Waals surface area contributed by atoms with Crippen LogP contribution in [-0.2, 0) is 13.0 Å². The van der Waals surface area contributed by atoms with E-state index in [9.17, 15) is 5.11 Å². The van der Waals surface area contributed by atoms with E-state index in [0.717, 1.165) is 24.3 Å². The highest BCUT2D eigenvalue weighted by atomic mass is 16.5. The Morgan fingerprint density at radius 3 is 2.78 bits per heavy atom. The van der Waals surface area contributed by atoms with Crippen LogP contribution in [0.5, 0.6) is 11.5 Å². The molecule has 0 amide bonds. The van der Waals surface area contributed by atoms with Gasteiger partial charge in [0.2, 0.25) is 0 Å². The molecular weight excluding hydrogens is 226 g/mol. The lowest BCUT2D eigenvalue weighted by Crippen LogP contribution is -1.96. The number of nitrogens with one attached hydrogen (secondary N) is 1. The fourth-order valence-corrected chi connectivity index (χ4v) is 2.14. The van der Waals surface area contributed by atoms with Crippen molar-refractivity contribution >= 4 is 5.69 Å². The number of benzene rings is 2. The highest BCUT2D eigenvalue weighted by molar-refractivity contribution is 5.56. The van der Waals surface area contributed by atoms with Crippen LogP contribution in [0, 0.1) is 0 Å². The topological polar surface area (TPSA) is 41.5 Å². The van der Waals surface area contributed by atoms with Crippen molar-refractivity contribution in [3.63, 3.8) is 0 Å². The summed E-state index contributed by atoms with van der Waals surface area (Å²) in [7, 11) is 0. The van der Waals surface area contributed by atoms with Gasteiger partial charge >= 0.3 is 0 Å². The molecule has 92 valence electrons. The Hall–Kier alpha value is -2.16. The molecule has 0 saturated carbocycles. The Morgan fingerprint density at radius 2 is 1.94 bits per heavy atom. The molecular formula is C15H15NO2. The molecule has 3 heteroatoms. The number of ether oxygens (including phenoxy) is 1. The van der Waals surface area contributed by atoms with Crippen molar-refractivity contribution in [2.45, 2.75) is 13.0 Å². The van der Waals surface area contributed by atoms with Gasteiger partial charge < -0.3 is 15.2 Å². The number of phenolic OH excluding ortho intramolecular Hbond substituents is 1. The Bertz CT molecular complexity index is 549. The zero-order valence-electron chi connectivity index (χ0n) is 10.0. The molecule has 0 aliphatic carbocycles. The monoisotopic (exact) mass is 241 g/mol. The summed E-state index contributed by atoms with van der Waals surface area (Å²) in [6.45, 7) is 1.57. The van der Waals surface area contributed by atoms with Crippen LogP contribution >= 0.6 is 0 Å². The molecule has 2 aromatic rings. The normalized spacial score (nSPS) is 12.9. The average molecular weight is 241 g/mol. The van der Waals surface area contributed by atoms with Crippen molar-refractivity contribution in [2.75, 3.05) is 11.9 Å². The van der Waals surface area contributed by atoms with Crippen molar-refractivity contribution in [3.05, 3.63) is 53.6 Å². The van der Waals surface area contributed by atoms with Gasteiger partial charge in [0.05, 0.1) is 0 Å². The molecule has 0 radical (unpaired) electrons. The third-order valence-electron chi connectivity index (χ3n) is 3.13. The van der Waals surface area contributed by atoms with Crippen LogP contribution in [0.1, 0.15) is 11.1 Å². The molecule has 0 unspecified atom stereocenters. The Balaban J connectivity index is 1.68. The van der Waals surface area contributed by atoms with E-state index in [2.05, 4.69) is 23.5 Å². The maximum atomic E-state index is 9.18. The first-order chi connectivity index (χ1) is 8.81. The van der Waals surface area contributed by atoms with Gasteiger partial charge in [-0.25, -0.2) is 0 Å². The van der Waals surface area contributed by atoms with E-state index in [1.807, 2.05) is 0 Å². The van der Waals surface area contributed by atoms with E-state index >= 15 is 0 Å². The van der Waals surface area contributed by atoms with Crippen molar-refractivity contribution in [1.82, 2.24) is 0 Å². The van der Waals surface area contributed by atoms with Gasteiger partial charge in [-0.15, -0.1) is 0 Å². The van der Waals surface area contributed by atoms with Gasteiger partial charge in [0.1, 0.15) is 18.1 Å². The Kier molecular flexibility index (Phi) is 2.81. The number of hydrogen-bond acceptors (Lipinski definition) is 3. The van der Waals surface area contributed by atoms with E-state index in [0.29, 0.717) is 6.61 Å². The molecule has 3 nitrogen and oxygen atoms in total. The third kappa shape index (κ3) is 2.25. The quantitative estimate of drug-likeness (QED) is 0.868. The standard InChI is InChI=1S/C15H15NO2/c17-13-3-5-14(6-4-13)18-10-11-1-2-12-7-8-16-15(12)9-11/h1-6,9,16-17H,7-8,10H2. The minimum Gasteiger partial charge on any atom is -0.508 e. The molecule has 2 N–H and O–H groups in total. The summed E-state index contributed by atoms with van der Waals surface area (Å²) in [6, 6.07) is 13.2. The van der Waals surface area contributed by atoms with Crippen molar-refractivity contribution in [1.29, 1.82) is 0 Å². The molecule has 3 rings (SSSR count). The van der Waals surface area contributed by atoms with E-state index in [4.69, 9.17) is 4.74 Å². The lowest BCUT2D eigenvalue weighted by Gasteiger charge is -2.08. The summed E-state index contributed by atoms with van der Waals surface area (Å²) in [6.07, 6.45) is 1.11. The Labute approximate surface area is 106 Å². The molecule has 0 bridgehead atoms. The third-order valence-corrected chi connectivity index (χ3v) is 3.13. The molecule has 0 saturated heterocycles. The molecule has 0 atom stereocenters. The molecule has 18 heavy (non-hydrogen) atoms. The number of rotatable bonds is 3. The number of phenols is 1. The molecule has 1 aliphatic rings. The first-order valence-electron chi connectivity index (χ1n) is 6.09. The minimum atomic E-state index is 0.254. The predicted molar refractivity (Wildman–Crippen MR) is 71.1 cm³/mol. The van der Waals surface area contributed by atoms with Gasteiger partial charge in [-0.1, -0.05) is 12.1 Å². The predicted octanol–water partition coefficient (Wildman–Crippen LogP) is 2.94. The van der Waals surface area contributed by atoms with Gasteiger partial charge in [-0.05, 0) is 47.9 Å². The average Bonchev–Trinajstić information content (AvgIpc) is 2.85. The first kappa shape index (κ1) is 11.0. The minimum absolute atomic E-state index is 0.254. The van der Waals surface area contributed by atoms with E-state index in [1.165, 1.54) is 11.3 Å². The molecule has 0 fully saturated rings. The molecule has 0 aromatic heterocycles. The van der Waals surface area contributed by atoms with Crippen molar-refractivity contribution < 1.29 is 9.84 Å². The summed E-state index contributed by atoms with van der Waals surface area (Å²) in [5, 5.41) is 12.5. The fourth-order valence-electron chi connectivity index (χ4n) is 2.14. The second-order valence-corrected chi connectivity index (χ2v) is 4.45. The summed E-state index contributed by atoms with van der Waals surface area (Å²) in [5.74, 6) is 1.02. The van der Waals surface area contributed by atoms with Crippen LogP contribution in [0.25, 0.3) is 0 Å². The van der Waals surface area contributed by atoms with Crippen LogP contribution in [0.3, 0.4) is 0 Å². The summed E-state index contributed by atoms with van der Waals surface area (Å²) in [5.41, 5.74) is 3.75. The lowest BCUT2D eigenvalue weighted by molar-refractivity contribution is 0.305. The van der Waals surface area contributed by atoms with Crippen molar-refractivity contribution in [3.8, 4) is 11.5 Å². The SMILES string of the molecule is Oc1ccc(OCc2ccc3c(c2)NCC3)cc1. The lowest BCUT2D eigenvalue weighted by atomic mass is 10.1. The van der Waals surface area contributed by atoms with E-state index < -0.39 is 0 Å².